The lowest BCUT2D eigenvalue weighted by molar-refractivity contribution is -0.125. The SMILES string of the molecule is Cc1cccc(Oc2ccc(NC(=O)CNC(=O)CC(C)(C)C)cc2)c1. The largest absolute Gasteiger partial charge is 0.457 e. The zero-order valence-corrected chi connectivity index (χ0v) is 15.8. The Labute approximate surface area is 154 Å². The molecule has 2 aromatic rings. The molecule has 0 aliphatic rings. The molecule has 0 saturated heterocycles. The van der Waals surface area contributed by atoms with Gasteiger partial charge in [0.25, 0.3) is 0 Å². The van der Waals surface area contributed by atoms with Crippen LogP contribution in [0, 0.1) is 12.3 Å². The van der Waals surface area contributed by atoms with E-state index in [1.54, 1.807) is 24.3 Å². The molecule has 5 heteroatoms. The smallest absolute Gasteiger partial charge is 0.243 e. The van der Waals surface area contributed by atoms with Gasteiger partial charge in [-0.1, -0.05) is 32.9 Å². The summed E-state index contributed by atoms with van der Waals surface area (Å²) in [5.74, 6) is 1.06. The summed E-state index contributed by atoms with van der Waals surface area (Å²) in [6, 6.07) is 14.9. The molecule has 2 rings (SSSR count). The van der Waals surface area contributed by atoms with Crippen LogP contribution in [0.4, 0.5) is 5.69 Å². The molecule has 0 fully saturated rings. The van der Waals surface area contributed by atoms with Crippen molar-refractivity contribution in [1.82, 2.24) is 5.32 Å². The third kappa shape index (κ3) is 6.97. The first-order chi connectivity index (χ1) is 12.2. The molecule has 0 atom stereocenters. The van der Waals surface area contributed by atoms with Crippen LogP contribution in [0.25, 0.3) is 0 Å². The van der Waals surface area contributed by atoms with E-state index in [1.807, 2.05) is 52.0 Å². The number of aryl methyl sites for hydroxylation is 1. The predicted molar refractivity (Wildman–Crippen MR) is 103 cm³/mol. The van der Waals surface area contributed by atoms with Crippen LogP contribution in [0.3, 0.4) is 0 Å². The van der Waals surface area contributed by atoms with E-state index in [1.165, 1.54) is 0 Å². The quantitative estimate of drug-likeness (QED) is 0.814. The van der Waals surface area contributed by atoms with Crippen molar-refractivity contribution in [3.63, 3.8) is 0 Å². The van der Waals surface area contributed by atoms with Crippen molar-refractivity contribution >= 4 is 17.5 Å². The number of rotatable bonds is 6. The number of carbonyl (C=O) groups is 2. The zero-order chi connectivity index (χ0) is 19.2. The molecule has 138 valence electrons. The van der Waals surface area contributed by atoms with Crippen molar-refractivity contribution in [3.8, 4) is 11.5 Å². The molecule has 2 amide bonds. The van der Waals surface area contributed by atoms with Gasteiger partial charge in [0.15, 0.2) is 0 Å². The summed E-state index contributed by atoms with van der Waals surface area (Å²) >= 11 is 0. The van der Waals surface area contributed by atoms with Gasteiger partial charge in [0.05, 0.1) is 6.54 Å². The van der Waals surface area contributed by atoms with E-state index in [2.05, 4.69) is 10.6 Å². The fourth-order valence-corrected chi connectivity index (χ4v) is 2.35. The molecule has 0 unspecified atom stereocenters. The molecule has 5 nitrogen and oxygen atoms in total. The van der Waals surface area contributed by atoms with Crippen molar-refractivity contribution in [3.05, 3.63) is 54.1 Å². The highest BCUT2D eigenvalue weighted by Gasteiger charge is 2.16. The van der Waals surface area contributed by atoms with E-state index in [0.717, 1.165) is 11.3 Å². The molecule has 2 N–H and O–H groups in total. The summed E-state index contributed by atoms with van der Waals surface area (Å²) in [7, 11) is 0. The highest BCUT2D eigenvalue weighted by atomic mass is 16.5. The molecule has 2 aromatic carbocycles. The van der Waals surface area contributed by atoms with E-state index in [-0.39, 0.29) is 23.8 Å². The Morgan fingerprint density at radius 3 is 2.27 bits per heavy atom. The highest BCUT2D eigenvalue weighted by Crippen LogP contribution is 2.23. The molecule has 0 heterocycles. The Kier molecular flexibility index (Phi) is 6.39. The molecular formula is C21H26N2O3. The minimum absolute atomic E-state index is 0.0452. The topological polar surface area (TPSA) is 67.4 Å². The number of benzene rings is 2. The van der Waals surface area contributed by atoms with Crippen LogP contribution >= 0.6 is 0 Å². The fraction of sp³-hybridized carbons (Fsp3) is 0.333. The number of hydrogen-bond donors (Lipinski definition) is 2. The maximum atomic E-state index is 11.9. The fourth-order valence-electron chi connectivity index (χ4n) is 2.35. The Hall–Kier alpha value is -2.82. The number of amides is 2. The van der Waals surface area contributed by atoms with Gasteiger partial charge in [-0.15, -0.1) is 0 Å². The summed E-state index contributed by atoms with van der Waals surface area (Å²) in [4.78, 5) is 23.7. The maximum Gasteiger partial charge on any atom is 0.243 e. The van der Waals surface area contributed by atoms with Crippen LogP contribution < -0.4 is 15.4 Å². The van der Waals surface area contributed by atoms with Gasteiger partial charge in [-0.2, -0.15) is 0 Å². The van der Waals surface area contributed by atoms with Gasteiger partial charge in [0, 0.05) is 12.1 Å². The third-order valence-electron chi connectivity index (χ3n) is 3.50. The van der Waals surface area contributed by atoms with E-state index in [4.69, 9.17) is 4.74 Å². The van der Waals surface area contributed by atoms with Crippen molar-refractivity contribution < 1.29 is 14.3 Å². The molecule has 0 aliphatic carbocycles. The first kappa shape index (κ1) is 19.5. The predicted octanol–water partition coefficient (Wildman–Crippen LogP) is 4.28. The van der Waals surface area contributed by atoms with E-state index in [0.29, 0.717) is 17.9 Å². The van der Waals surface area contributed by atoms with Gasteiger partial charge in [0.2, 0.25) is 11.8 Å². The van der Waals surface area contributed by atoms with Crippen molar-refractivity contribution in [1.29, 1.82) is 0 Å². The number of anilines is 1. The second-order valence-electron chi connectivity index (χ2n) is 7.51. The van der Waals surface area contributed by atoms with Crippen LogP contribution in [0.15, 0.2) is 48.5 Å². The van der Waals surface area contributed by atoms with E-state index < -0.39 is 0 Å². The Morgan fingerprint density at radius 1 is 0.962 bits per heavy atom. The molecule has 0 aliphatic heterocycles. The minimum atomic E-state index is -0.264. The Balaban J connectivity index is 1.83. The van der Waals surface area contributed by atoms with Crippen molar-refractivity contribution in [2.45, 2.75) is 34.1 Å². The monoisotopic (exact) mass is 354 g/mol. The zero-order valence-electron chi connectivity index (χ0n) is 15.8. The molecule has 0 spiro atoms. The normalized spacial score (nSPS) is 10.9. The van der Waals surface area contributed by atoms with E-state index in [9.17, 15) is 9.59 Å². The summed E-state index contributed by atoms with van der Waals surface area (Å²) in [6.45, 7) is 7.90. The Bertz CT molecular complexity index is 762. The second-order valence-corrected chi connectivity index (χ2v) is 7.51. The second kappa shape index (κ2) is 8.52. The molecule has 0 radical (unpaired) electrons. The number of hydrogen-bond acceptors (Lipinski definition) is 3. The van der Waals surface area contributed by atoms with Crippen LogP contribution in [0.1, 0.15) is 32.8 Å². The average molecular weight is 354 g/mol. The summed E-state index contributed by atoms with van der Waals surface area (Å²) in [5, 5.41) is 5.38. The molecule has 0 bridgehead atoms. The van der Waals surface area contributed by atoms with Crippen LogP contribution in [-0.4, -0.2) is 18.4 Å². The van der Waals surface area contributed by atoms with Gasteiger partial charge in [-0.3, -0.25) is 9.59 Å². The van der Waals surface area contributed by atoms with Crippen molar-refractivity contribution in [2.24, 2.45) is 5.41 Å². The first-order valence-electron chi connectivity index (χ1n) is 8.62. The molecular weight excluding hydrogens is 328 g/mol. The molecule has 0 aromatic heterocycles. The van der Waals surface area contributed by atoms with Gasteiger partial charge < -0.3 is 15.4 Å². The van der Waals surface area contributed by atoms with E-state index >= 15 is 0 Å². The number of carbonyl (C=O) groups excluding carboxylic acids is 2. The summed E-state index contributed by atoms with van der Waals surface area (Å²) in [5.41, 5.74) is 1.67. The van der Waals surface area contributed by atoms with Crippen LogP contribution in [0.5, 0.6) is 11.5 Å². The van der Waals surface area contributed by atoms with Gasteiger partial charge in [-0.05, 0) is 54.3 Å². The average Bonchev–Trinajstić information content (AvgIpc) is 2.53. The summed E-state index contributed by atoms with van der Waals surface area (Å²) < 4.78 is 5.77. The van der Waals surface area contributed by atoms with Gasteiger partial charge in [-0.25, -0.2) is 0 Å². The lowest BCUT2D eigenvalue weighted by Gasteiger charge is -2.17. The van der Waals surface area contributed by atoms with Crippen LogP contribution in [0.2, 0.25) is 0 Å². The number of ether oxygens (including phenoxy) is 1. The standard InChI is InChI=1S/C21H26N2O3/c1-15-6-5-7-18(12-15)26-17-10-8-16(9-11-17)23-20(25)14-22-19(24)13-21(2,3)4/h5-12H,13-14H2,1-4H3,(H,22,24)(H,23,25). The maximum absolute atomic E-state index is 11.9. The molecule has 0 saturated carbocycles. The lowest BCUT2D eigenvalue weighted by atomic mass is 9.92. The van der Waals surface area contributed by atoms with Crippen LogP contribution in [-0.2, 0) is 9.59 Å². The highest BCUT2D eigenvalue weighted by molar-refractivity contribution is 5.94. The van der Waals surface area contributed by atoms with Gasteiger partial charge in [0.1, 0.15) is 11.5 Å². The third-order valence-corrected chi connectivity index (χ3v) is 3.50. The lowest BCUT2D eigenvalue weighted by Crippen LogP contribution is -2.34. The van der Waals surface area contributed by atoms with Crippen molar-refractivity contribution in [2.75, 3.05) is 11.9 Å². The Morgan fingerprint density at radius 2 is 1.65 bits per heavy atom. The minimum Gasteiger partial charge on any atom is -0.457 e. The molecule has 26 heavy (non-hydrogen) atoms. The first-order valence-corrected chi connectivity index (χ1v) is 8.62. The van der Waals surface area contributed by atoms with Gasteiger partial charge >= 0.3 is 0 Å². The summed E-state index contributed by atoms with van der Waals surface area (Å²) in [6.07, 6.45) is 0.380. The number of nitrogens with one attached hydrogen (secondary N) is 2.